The summed E-state index contributed by atoms with van der Waals surface area (Å²) < 4.78 is 0. The summed E-state index contributed by atoms with van der Waals surface area (Å²) in [7, 11) is 5.30. The first-order valence-corrected chi connectivity index (χ1v) is 12.7. The van der Waals surface area contributed by atoms with Gasteiger partial charge in [-0.15, -0.1) is 0 Å². The fourth-order valence-corrected chi connectivity index (χ4v) is 4.72. The quantitative estimate of drug-likeness (QED) is 0.497. The molecule has 1 fully saturated rings. The Morgan fingerprint density at radius 1 is 0.943 bits per heavy atom. The van der Waals surface area contributed by atoms with Crippen molar-refractivity contribution in [3.8, 4) is 0 Å². The number of hydrogen-bond donors (Lipinski definition) is 1. The van der Waals surface area contributed by atoms with E-state index >= 15 is 0 Å². The van der Waals surface area contributed by atoms with Crippen LogP contribution < -0.4 is 10.2 Å². The number of amides is 3. The molecule has 1 saturated heterocycles. The summed E-state index contributed by atoms with van der Waals surface area (Å²) in [6, 6.07) is 13.1. The summed E-state index contributed by atoms with van der Waals surface area (Å²) >= 11 is 12.1. The number of carbonyl (C=O) groups excluding carboxylic acids is 2. The molecule has 0 bridgehead atoms. The molecule has 3 amide bonds. The monoisotopic (exact) mass is 519 g/mol. The van der Waals surface area contributed by atoms with Crippen molar-refractivity contribution in [2.75, 3.05) is 65.3 Å². The Labute approximate surface area is 218 Å². The standard InChI is InChI=1S/C26H35Cl2N5O2/c1-30(2)26(35)29-19-20-8-4-5-9-24(20)33-14-12-32(13-15-33)11-7-6-10-31(3)25(34)21-16-22(27)18-23(28)17-21/h4-5,8-9,16-18H,6-7,10-15,19H2,1-3H3,(H,29,35). The maximum atomic E-state index is 12.6. The largest absolute Gasteiger partial charge is 0.369 e. The third-order valence-corrected chi connectivity index (χ3v) is 6.65. The molecule has 0 radical (unpaired) electrons. The molecule has 9 heteroatoms. The summed E-state index contributed by atoms with van der Waals surface area (Å²) in [4.78, 5) is 32.7. The van der Waals surface area contributed by atoms with Gasteiger partial charge in [0, 0.05) is 81.7 Å². The molecular formula is C26H35Cl2N5O2. The minimum Gasteiger partial charge on any atom is -0.369 e. The molecule has 1 aliphatic heterocycles. The first-order chi connectivity index (χ1) is 16.7. The van der Waals surface area contributed by atoms with Crippen LogP contribution in [-0.4, -0.2) is 87.0 Å². The topological polar surface area (TPSA) is 59.1 Å². The van der Waals surface area contributed by atoms with Crippen molar-refractivity contribution in [3.63, 3.8) is 0 Å². The van der Waals surface area contributed by atoms with Gasteiger partial charge in [0.1, 0.15) is 0 Å². The zero-order valence-electron chi connectivity index (χ0n) is 20.8. The SMILES string of the molecule is CN(C)C(=O)NCc1ccccc1N1CCN(CCCCN(C)C(=O)c2cc(Cl)cc(Cl)c2)CC1. The van der Waals surface area contributed by atoms with E-state index in [1.165, 1.54) is 5.69 Å². The van der Waals surface area contributed by atoms with Gasteiger partial charge in [0.15, 0.2) is 0 Å². The van der Waals surface area contributed by atoms with E-state index in [1.54, 1.807) is 42.1 Å². The Kier molecular flexibility index (Phi) is 10.1. The van der Waals surface area contributed by atoms with E-state index in [9.17, 15) is 9.59 Å². The van der Waals surface area contributed by atoms with Crippen LogP contribution in [0.2, 0.25) is 10.0 Å². The van der Waals surface area contributed by atoms with Crippen molar-refractivity contribution in [1.29, 1.82) is 0 Å². The van der Waals surface area contributed by atoms with Crippen LogP contribution >= 0.6 is 23.2 Å². The number of para-hydroxylation sites is 1. The minimum atomic E-state index is -0.0895. The van der Waals surface area contributed by atoms with Crippen molar-refractivity contribution < 1.29 is 9.59 Å². The molecule has 35 heavy (non-hydrogen) atoms. The molecule has 0 aromatic heterocycles. The van der Waals surface area contributed by atoms with Gasteiger partial charge in [-0.2, -0.15) is 0 Å². The normalized spacial score (nSPS) is 14.0. The van der Waals surface area contributed by atoms with Crippen LogP contribution in [0, 0.1) is 0 Å². The lowest BCUT2D eigenvalue weighted by molar-refractivity contribution is 0.0791. The van der Waals surface area contributed by atoms with Gasteiger partial charge in [0.25, 0.3) is 5.91 Å². The second-order valence-corrected chi connectivity index (χ2v) is 9.98. The van der Waals surface area contributed by atoms with Gasteiger partial charge in [-0.3, -0.25) is 9.69 Å². The molecular weight excluding hydrogens is 485 g/mol. The van der Waals surface area contributed by atoms with Crippen LogP contribution in [0.1, 0.15) is 28.8 Å². The van der Waals surface area contributed by atoms with E-state index in [2.05, 4.69) is 27.2 Å². The molecule has 7 nitrogen and oxygen atoms in total. The number of unbranched alkanes of at least 4 members (excludes halogenated alkanes) is 1. The lowest BCUT2D eigenvalue weighted by atomic mass is 10.1. The Balaban J connectivity index is 1.40. The molecule has 0 spiro atoms. The Morgan fingerprint density at radius 3 is 2.26 bits per heavy atom. The van der Waals surface area contributed by atoms with E-state index < -0.39 is 0 Å². The predicted molar refractivity (Wildman–Crippen MR) is 144 cm³/mol. The highest BCUT2D eigenvalue weighted by Crippen LogP contribution is 2.22. The molecule has 0 saturated carbocycles. The number of rotatable bonds is 9. The molecule has 0 atom stereocenters. The summed E-state index contributed by atoms with van der Waals surface area (Å²) in [5, 5.41) is 3.90. The van der Waals surface area contributed by atoms with E-state index in [0.29, 0.717) is 28.7 Å². The van der Waals surface area contributed by atoms with Gasteiger partial charge in [-0.05, 0) is 49.2 Å². The third-order valence-electron chi connectivity index (χ3n) is 6.21. The van der Waals surface area contributed by atoms with Crippen molar-refractivity contribution in [2.45, 2.75) is 19.4 Å². The van der Waals surface area contributed by atoms with Crippen LogP contribution in [-0.2, 0) is 6.54 Å². The van der Waals surface area contributed by atoms with Gasteiger partial charge >= 0.3 is 6.03 Å². The van der Waals surface area contributed by atoms with E-state index in [4.69, 9.17) is 23.2 Å². The summed E-state index contributed by atoms with van der Waals surface area (Å²) in [6.07, 6.45) is 1.96. The van der Waals surface area contributed by atoms with E-state index in [0.717, 1.165) is 51.1 Å². The minimum absolute atomic E-state index is 0.0662. The van der Waals surface area contributed by atoms with Gasteiger partial charge in [-0.25, -0.2) is 4.79 Å². The van der Waals surface area contributed by atoms with Gasteiger partial charge < -0.3 is 20.0 Å². The van der Waals surface area contributed by atoms with Gasteiger partial charge in [-0.1, -0.05) is 41.4 Å². The Hall–Kier alpha value is -2.48. The van der Waals surface area contributed by atoms with E-state index in [1.807, 2.05) is 19.2 Å². The highest BCUT2D eigenvalue weighted by atomic mass is 35.5. The van der Waals surface area contributed by atoms with Crippen molar-refractivity contribution >= 4 is 40.8 Å². The van der Waals surface area contributed by atoms with Gasteiger partial charge in [0.05, 0.1) is 0 Å². The molecule has 1 aliphatic rings. The fourth-order valence-electron chi connectivity index (χ4n) is 4.19. The van der Waals surface area contributed by atoms with Crippen LogP contribution in [0.25, 0.3) is 0 Å². The summed E-state index contributed by atoms with van der Waals surface area (Å²) in [6.45, 7) is 6.11. The molecule has 1 heterocycles. The number of nitrogens with zero attached hydrogens (tertiary/aromatic N) is 4. The second-order valence-electron chi connectivity index (χ2n) is 9.10. The highest BCUT2D eigenvalue weighted by molar-refractivity contribution is 6.35. The van der Waals surface area contributed by atoms with Gasteiger partial charge in [0.2, 0.25) is 0 Å². The molecule has 2 aromatic rings. The lowest BCUT2D eigenvalue weighted by Crippen LogP contribution is -2.47. The lowest BCUT2D eigenvalue weighted by Gasteiger charge is -2.37. The fraction of sp³-hybridized carbons (Fsp3) is 0.462. The Bertz CT molecular complexity index is 989. The zero-order valence-corrected chi connectivity index (χ0v) is 22.3. The highest BCUT2D eigenvalue weighted by Gasteiger charge is 2.19. The number of urea groups is 1. The first kappa shape index (κ1) is 27.1. The number of carbonyl (C=O) groups is 2. The summed E-state index contributed by atoms with van der Waals surface area (Å²) in [5.41, 5.74) is 2.83. The Morgan fingerprint density at radius 2 is 1.60 bits per heavy atom. The van der Waals surface area contributed by atoms with Crippen molar-refractivity contribution in [3.05, 3.63) is 63.6 Å². The smallest absolute Gasteiger partial charge is 0.317 e. The number of halogens is 2. The first-order valence-electron chi connectivity index (χ1n) is 12.0. The number of hydrogen-bond acceptors (Lipinski definition) is 4. The third kappa shape index (κ3) is 8.02. The number of piperazine rings is 1. The molecule has 0 aliphatic carbocycles. The predicted octanol–water partition coefficient (Wildman–Crippen LogP) is 4.44. The maximum absolute atomic E-state index is 12.6. The molecule has 2 aromatic carbocycles. The van der Waals surface area contributed by atoms with E-state index in [-0.39, 0.29) is 11.9 Å². The van der Waals surface area contributed by atoms with Crippen molar-refractivity contribution in [2.24, 2.45) is 0 Å². The number of nitrogens with one attached hydrogen (secondary N) is 1. The number of benzene rings is 2. The van der Waals surface area contributed by atoms with Crippen LogP contribution in [0.15, 0.2) is 42.5 Å². The second kappa shape index (κ2) is 13.0. The molecule has 0 unspecified atom stereocenters. The zero-order chi connectivity index (χ0) is 25.4. The van der Waals surface area contributed by atoms with Crippen molar-refractivity contribution in [1.82, 2.24) is 20.0 Å². The molecule has 190 valence electrons. The average Bonchev–Trinajstić information content (AvgIpc) is 2.84. The van der Waals surface area contributed by atoms with Crippen LogP contribution in [0.4, 0.5) is 10.5 Å². The molecule has 1 N–H and O–H groups in total. The van der Waals surface area contributed by atoms with Crippen LogP contribution in [0.5, 0.6) is 0 Å². The summed E-state index contributed by atoms with van der Waals surface area (Å²) in [5.74, 6) is -0.0662. The number of anilines is 1. The molecule has 3 rings (SSSR count). The average molecular weight is 521 g/mol. The van der Waals surface area contributed by atoms with Crippen LogP contribution in [0.3, 0.4) is 0 Å². The maximum Gasteiger partial charge on any atom is 0.317 e.